The predicted octanol–water partition coefficient (Wildman–Crippen LogP) is 6.12. The Labute approximate surface area is 137 Å². The van der Waals surface area contributed by atoms with Crippen molar-refractivity contribution in [1.29, 1.82) is 0 Å². The first-order chi connectivity index (χ1) is 8.69. The Balaban J connectivity index is 3.71. The number of hydrogen-bond acceptors (Lipinski definition) is 0. The van der Waals surface area contributed by atoms with Crippen LogP contribution in [-0.2, 0) is 35.3 Å². The van der Waals surface area contributed by atoms with Crippen LogP contribution < -0.4 is 0 Å². The SMILES string of the molecule is ClCc1c(CCl)c(CCl)c(CCl)c(CCl)c1CCl. The maximum atomic E-state index is 6.01. The van der Waals surface area contributed by atoms with Crippen LogP contribution in [0.25, 0.3) is 0 Å². The van der Waals surface area contributed by atoms with Crippen LogP contribution in [-0.4, -0.2) is 0 Å². The Hall–Kier alpha value is 0.960. The van der Waals surface area contributed by atoms with Crippen LogP contribution >= 0.6 is 69.6 Å². The van der Waals surface area contributed by atoms with Gasteiger partial charge in [-0.3, -0.25) is 0 Å². The first-order valence-corrected chi connectivity index (χ1v) is 8.43. The van der Waals surface area contributed by atoms with Crippen molar-refractivity contribution in [2.75, 3.05) is 0 Å². The van der Waals surface area contributed by atoms with Crippen LogP contribution in [0, 0.1) is 0 Å². The Bertz CT molecular complexity index is 295. The average molecular weight is 369 g/mol. The zero-order valence-corrected chi connectivity index (χ0v) is 14.0. The lowest BCUT2D eigenvalue weighted by Gasteiger charge is -2.21. The number of halogens is 6. The fraction of sp³-hybridized carbons (Fsp3) is 0.500. The molecule has 0 atom stereocenters. The summed E-state index contributed by atoms with van der Waals surface area (Å²) in [6.07, 6.45) is 0. The highest BCUT2D eigenvalue weighted by molar-refractivity contribution is 6.22. The smallest absolute Gasteiger partial charge is 0.0480 e. The highest BCUT2D eigenvalue weighted by atomic mass is 35.5. The fourth-order valence-electron chi connectivity index (χ4n) is 2.06. The monoisotopic (exact) mass is 366 g/mol. The van der Waals surface area contributed by atoms with Crippen molar-refractivity contribution in [2.24, 2.45) is 0 Å². The minimum atomic E-state index is 0.334. The highest BCUT2D eigenvalue weighted by Crippen LogP contribution is 2.34. The van der Waals surface area contributed by atoms with Gasteiger partial charge in [-0.1, -0.05) is 0 Å². The van der Waals surface area contributed by atoms with Gasteiger partial charge < -0.3 is 0 Å². The largest absolute Gasteiger partial charge is 0.122 e. The zero-order chi connectivity index (χ0) is 13.7. The summed E-state index contributed by atoms with van der Waals surface area (Å²) in [5.74, 6) is 2.00. The van der Waals surface area contributed by atoms with E-state index < -0.39 is 0 Å². The van der Waals surface area contributed by atoms with E-state index in [2.05, 4.69) is 0 Å². The van der Waals surface area contributed by atoms with Gasteiger partial charge in [-0.25, -0.2) is 0 Å². The molecule has 0 N–H and O–H groups in total. The quantitative estimate of drug-likeness (QED) is 0.530. The summed E-state index contributed by atoms with van der Waals surface area (Å²) in [6, 6.07) is 0. The van der Waals surface area contributed by atoms with Gasteiger partial charge >= 0.3 is 0 Å². The number of alkyl halides is 6. The van der Waals surface area contributed by atoms with Crippen molar-refractivity contribution < 1.29 is 0 Å². The summed E-state index contributed by atoms with van der Waals surface area (Å²) in [5.41, 5.74) is 5.59. The van der Waals surface area contributed by atoms with E-state index in [9.17, 15) is 0 Å². The van der Waals surface area contributed by atoms with Crippen molar-refractivity contribution in [3.8, 4) is 0 Å². The second-order valence-electron chi connectivity index (χ2n) is 3.67. The van der Waals surface area contributed by atoms with Crippen molar-refractivity contribution in [3.05, 3.63) is 33.4 Å². The molecule has 0 radical (unpaired) electrons. The fourth-order valence-corrected chi connectivity index (χ4v) is 4.00. The molecule has 0 fully saturated rings. The third-order valence-electron chi connectivity index (χ3n) is 2.99. The van der Waals surface area contributed by atoms with E-state index >= 15 is 0 Å². The highest BCUT2D eigenvalue weighted by Gasteiger charge is 2.20. The maximum Gasteiger partial charge on any atom is 0.0480 e. The van der Waals surface area contributed by atoms with Gasteiger partial charge in [-0.05, 0) is 33.4 Å². The number of rotatable bonds is 6. The normalized spacial score (nSPS) is 11.0. The molecule has 0 nitrogen and oxygen atoms in total. The molecule has 0 aliphatic rings. The summed E-state index contributed by atoms with van der Waals surface area (Å²) < 4.78 is 0. The van der Waals surface area contributed by atoms with Crippen molar-refractivity contribution in [2.45, 2.75) is 35.3 Å². The van der Waals surface area contributed by atoms with Crippen LogP contribution in [0.5, 0.6) is 0 Å². The molecular formula is C12H12Cl6. The van der Waals surface area contributed by atoms with Gasteiger partial charge in [0.2, 0.25) is 0 Å². The minimum Gasteiger partial charge on any atom is -0.122 e. The molecule has 0 aliphatic heterocycles. The Kier molecular flexibility index (Phi) is 7.84. The molecular weight excluding hydrogens is 357 g/mol. The van der Waals surface area contributed by atoms with Gasteiger partial charge in [-0.2, -0.15) is 0 Å². The van der Waals surface area contributed by atoms with Crippen LogP contribution in [0.4, 0.5) is 0 Å². The molecule has 1 aromatic carbocycles. The summed E-state index contributed by atoms with van der Waals surface area (Å²) in [6.45, 7) is 0. The lowest BCUT2D eigenvalue weighted by Crippen LogP contribution is -2.09. The van der Waals surface area contributed by atoms with Gasteiger partial charge in [0.05, 0.1) is 0 Å². The van der Waals surface area contributed by atoms with E-state index in [1.807, 2.05) is 0 Å². The molecule has 102 valence electrons. The summed E-state index contributed by atoms with van der Waals surface area (Å²) in [7, 11) is 0. The van der Waals surface area contributed by atoms with Gasteiger partial charge in [0.15, 0.2) is 0 Å². The summed E-state index contributed by atoms with van der Waals surface area (Å²) >= 11 is 36.1. The molecule has 0 saturated carbocycles. The zero-order valence-electron chi connectivity index (χ0n) is 9.51. The minimum absolute atomic E-state index is 0.334. The van der Waals surface area contributed by atoms with Crippen LogP contribution in [0.1, 0.15) is 33.4 Å². The van der Waals surface area contributed by atoms with E-state index in [1.165, 1.54) is 0 Å². The van der Waals surface area contributed by atoms with Crippen LogP contribution in [0.2, 0.25) is 0 Å². The lowest BCUT2D eigenvalue weighted by atomic mass is 9.90. The lowest BCUT2D eigenvalue weighted by molar-refractivity contribution is 1.06. The van der Waals surface area contributed by atoms with E-state index in [0.717, 1.165) is 33.4 Å². The van der Waals surface area contributed by atoms with Crippen molar-refractivity contribution in [1.82, 2.24) is 0 Å². The van der Waals surface area contributed by atoms with E-state index in [0.29, 0.717) is 35.3 Å². The second-order valence-corrected chi connectivity index (χ2v) is 5.28. The van der Waals surface area contributed by atoms with Gasteiger partial charge in [0, 0.05) is 35.3 Å². The molecule has 0 heterocycles. The second kappa shape index (κ2) is 8.29. The van der Waals surface area contributed by atoms with E-state index in [4.69, 9.17) is 69.6 Å². The first kappa shape index (κ1) is 17.0. The first-order valence-electron chi connectivity index (χ1n) is 5.22. The van der Waals surface area contributed by atoms with E-state index in [-0.39, 0.29) is 0 Å². The molecule has 0 amide bonds. The molecule has 0 aromatic heterocycles. The molecule has 0 spiro atoms. The third kappa shape index (κ3) is 3.16. The Morgan fingerprint density at radius 3 is 0.500 bits per heavy atom. The van der Waals surface area contributed by atoms with Crippen molar-refractivity contribution in [3.63, 3.8) is 0 Å². The molecule has 1 aromatic rings. The van der Waals surface area contributed by atoms with Gasteiger partial charge in [0.1, 0.15) is 0 Å². The molecule has 0 unspecified atom stereocenters. The number of benzene rings is 1. The maximum absolute atomic E-state index is 6.01. The molecule has 18 heavy (non-hydrogen) atoms. The Morgan fingerprint density at radius 2 is 0.444 bits per heavy atom. The topological polar surface area (TPSA) is 0 Å². The van der Waals surface area contributed by atoms with E-state index in [1.54, 1.807) is 0 Å². The summed E-state index contributed by atoms with van der Waals surface area (Å²) in [4.78, 5) is 0. The van der Waals surface area contributed by atoms with Gasteiger partial charge in [-0.15, -0.1) is 69.6 Å². The van der Waals surface area contributed by atoms with Gasteiger partial charge in [0.25, 0.3) is 0 Å². The number of hydrogen-bond donors (Lipinski definition) is 0. The Morgan fingerprint density at radius 1 is 0.333 bits per heavy atom. The standard InChI is InChI=1S/C12H12Cl6/c13-1-7-8(2-14)10(4-16)12(6-18)11(5-17)9(7)3-15/h1-6H2. The molecule has 6 heteroatoms. The summed E-state index contributed by atoms with van der Waals surface area (Å²) in [5, 5.41) is 0. The molecule has 0 bridgehead atoms. The molecule has 1 rings (SSSR count). The molecule has 0 aliphatic carbocycles. The van der Waals surface area contributed by atoms with Crippen molar-refractivity contribution >= 4 is 69.6 Å². The predicted molar refractivity (Wildman–Crippen MR) is 83.8 cm³/mol. The third-order valence-corrected chi connectivity index (χ3v) is 4.59. The van der Waals surface area contributed by atoms with Crippen LogP contribution in [0.3, 0.4) is 0 Å². The molecule has 0 saturated heterocycles. The average Bonchev–Trinajstić information content (AvgIpc) is 2.43. The van der Waals surface area contributed by atoms with Crippen LogP contribution in [0.15, 0.2) is 0 Å².